The lowest BCUT2D eigenvalue weighted by Gasteiger charge is -2.03. The molecule has 0 atom stereocenters. The van der Waals surface area contributed by atoms with Crippen LogP contribution >= 0.6 is 23.2 Å². The van der Waals surface area contributed by atoms with Crippen molar-refractivity contribution in [1.82, 2.24) is 9.97 Å². The average Bonchev–Trinajstić information content (AvgIpc) is 2.12. The summed E-state index contributed by atoms with van der Waals surface area (Å²) in [6.07, 6.45) is 1.41. The molecule has 0 bridgehead atoms. The molecule has 66 valence electrons. The van der Waals surface area contributed by atoms with Crippen LogP contribution in [0.15, 0.2) is 18.5 Å². The number of rotatable bonds is 0. The van der Waals surface area contributed by atoms with Gasteiger partial charge in [0.1, 0.15) is 11.5 Å². The molecule has 0 saturated carbocycles. The fourth-order valence-electron chi connectivity index (χ4n) is 1.26. The number of hydrogen-bond donors (Lipinski definition) is 0. The lowest BCUT2D eigenvalue weighted by Crippen LogP contribution is -1.87. The first-order valence-electron chi connectivity index (χ1n) is 3.75. The normalized spacial score (nSPS) is 10.7. The molecule has 0 spiro atoms. The van der Waals surface area contributed by atoms with Gasteiger partial charge in [-0.15, -0.1) is 0 Å². The van der Waals surface area contributed by atoms with Gasteiger partial charge in [-0.1, -0.05) is 29.3 Å². The summed E-state index contributed by atoms with van der Waals surface area (Å²) in [5, 5.41) is 1.88. The third kappa shape index (κ3) is 1.36. The number of aromatic nitrogens is 2. The smallest absolute Gasteiger partial charge is 0.140 e. The van der Waals surface area contributed by atoms with Gasteiger partial charge in [-0.25, -0.2) is 9.97 Å². The van der Waals surface area contributed by atoms with Gasteiger partial charge in [-0.05, 0) is 18.6 Å². The lowest BCUT2D eigenvalue weighted by atomic mass is 10.1. The number of halogens is 2. The predicted molar refractivity (Wildman–Crippen MR) is 54.3 cm³/mol. The summed E-state index contributed by atoms with van der Waals surface area (Å²) in [5.41, 5.74) is 1.74. The lowest BCUT2D eigenvalue weighted by molar-refractivity contribution is 1.22. The van der Waals surface area contributed by atoms with Crippen LogP contribution in [0.4, 0.5) is 0 Å². The molecule has 0 fully saturated rings. The Labute approximate surface area is 85.5 Å². The van der Waals surface area contributed by atoms with Crippen molar-refractivity contribution in [3.05, 3.63) is 34.2 Å². The van der Waals surface area contributed by atoms with Gasteiger partial charge in [-0.3, -0.25) is 0 Å². The van der Waals surface area contributed by atoms with E-state index >= 15 is 0 Å². The first kappa shape index (κ1) is 8.73. The van der Waals surface area contributed by atoms with Gasteiger partial charge in [0.15, 0.2) is 0 Å². The van der Waals surface area contributed by atoms with Crippen LogP contribution < -0.4 is 0 Å². The van der Waals surface area contributed by atoms with E-state index in [1.165, 1.54) is 6.33 Å². The highest BCUT2D eigenvalue weighted by atomic mass is 35.5. The topological polar surface area (TPSA) is 25.8 Å². The average molecular weight is 213 g/mol. The Morgan fingerprint density at radius 3 is 2.62 bits per heavy atom. The molecule has 0 amide bonds. The fraction of sp³-hybridized carbons (Fsp3) is 0.111. The van der Waals surface area contributed by atoms with Crippen LogP contribution in [0.2, 0.25) is 10.2 Å². The first-order chi connectivity index (χ1) is 6.20. The van der Waals surface area contributed by atoms with Crippen molar-refractivity contribution in [2.75, 3.05) is 0 Å². The maximum Gasteiger partial charge on any atom is 0.140 e. The number of fused-ring (bicyclic) bond motifs is 1. The molecule has 0 aliphatic heterocycles. The van der Waals surface area contributed by atoms with Gasteiger partial charge in [0.2, 0.25) is 0 Å². The summed E-state index contributed by atoms with van der Waals surface area (Å²) in [6.45, 7) is 1.95. The zero-order chi connectivity index (χ0) is 9.42. The van der Waals surface area contributed by atoms with Crippen molar-refractivity contribution in [3.8, 4) is 0 Å². The Balaban J connectivity index is 3.00. The molecule has 0 radical (unpaired) electrons. The minimum absolute atomic E-state index is 0.449. The summed E-state index contributed by atoms with van der Waals surface area (Å²) >= 11 is 11.9. The molecule has 4 heteroatoms. The van der Waals surface area contributed by atoms with E-state index in [0.29, 0.717) is 15.7 Å². The summed E-state index contributed by atoms with van der Waals surface area (Å²) < 4.78 is 0. The fourth-order valence-corrected chi connectivity index (χ4v) is 1.74. The third-order valence-corrected chi connectivity index (χ3v) is 2.49. The van der Waals surface area contributed by atoms with E-state index in [0.717, 1.165) is 10.9 Å². The molecular formula is C9H6Cl2N2. The van der Waals surface area contributed by atoms with Crippen molar-refractivity contribution in [2.45, 2.75) is 6.92 Å². The van der Waals surface area contributed by atoms with E-state index < -0.39 is 0 Å². The SMILES string of the molecule is Cc1ccc(Cl)c2ncnc(Cl)c12. The highest BCUT2D eigenvalue weighted by molar-refractivity contribution is 6.38. The molecule has 2 aromatic rings. The molecular weight excluding hydrogens is 207 g/mol. The van der Waals surface area contributed by atoms with Crippen molar-refractivity contribution in [1.29, 1.82) is 0 Å². The number of nitrogens with zero attached hydrogens (tertiary/aromatic N) is 2. The standard InChI is InChI=1S/C9H6Cl2N2/c1-5-2-3-6(10)8-7(5)9(11)13-4-12-8/h2-4H,1H3. The van der Waals surface area contributed by atoms with Crippen LogP contribution in [-0.4, -0.2) is 9.97 Å². The molecule has 2 nitrogen and oxygen atoms in total. The molecule has 0 saturated heterocycles. The highest BCUT2D eigenvalue weighted by Crippen LogP contribution is 2.28. The van der Waals surface area contributed by atoms with Crippen LogP contribution in [0.25, 0.3) is 10.9 Å². The first-order valence-corrected chi connectivity index (χ1v) is 4.51. The molecule has 2 rings (SSSR count). The summed E-state index contributed by atoms with van der Waals surface area (Å²) in [5.74, 6) is 0. The van der Waals surface area contributed by atoms with E-state index in [4.69, 9.17) is 23.2 Å². The second-order valence-electron chi connectivity index (χ2n) is 2.75. The Hall–Kier alpha value is -0.860. The van der Waals surface area contributed by atoms with Crippen LogP contribution in [0.5, 0.6) is 0 Å². The van der Waals surface area contributed by atoms with Gasteiger partial charge < -0.3 is 0 Å². The number of aryl methyl sites for hydroxylation is 1. The molecule has 0 aliphatic rings. The summed E-state index contributed by atoms with van der Waals surface area (Å²) in [7, 11) is 0. The molecule has 0 aliphatic carbocycles. The number of hydrogen-bond acceptors (Lipinski definition) is 2. The second-order valence-corrected chi connectivity index (χ2v) is 3.52. The predicted octanol–water partition coefficient (Wildman–Crippen LogP) is 3.25. The van der Waals surface area contributed by atoms with Crippen LogP contribution in [0.1, 0.15) is 5.56 Å². The second kappa shape index (κ2) is 3.13. The van der Waals surface area contributed by atoms with Crippen molar-refractivity contribution in [3.63, 3.8) is 0 Å². The van der Waals surface area contributed by atoms with Gasteiger partial charge >= 0.3 is 0 Å². The van der Waals surface area contributed by atoms with Crippen molar-refractivity contribution < 1.29 is 0 Å². The monoisotopic (exact) mass is 212 g/mol. The van der Waals surface area contributed by atoms with E-state index in [1.807, 2.05) is 19.1 Å². The molecule has 1 heterocycles. The molecule has 1 aromatic heterocycles. The van der Waals surface area contributed by atoms with Crippen LogP contribution in [0.3, 0.4) is 0 Å². The summed E-state index contributed by atoms with van der Waals surface area (Å²) in [6, 6.07) is 3.71. The van der Waals surface area contributed by atoms with Crippen LogP contribution in [-0.2, 0) is 0 Å². The van der Waals surface area contributed by atoms with Gasteiger partial charge in [0.05, 0.1) is 10.5 Å². The molecule has 13 heavy (non-hydrogen) atoms. The minimum Gasteiger partial charge on any atom is -0.235 e. The molecule has 0 unspecified atom stereocenters. The Morgan fingerprint density at radius 1 is 1.15 bits per heavy atom. The zero-order valence-electron chi connectivity index (χ0n) is 6.88. The maximum absolute atomic E-state index is 5.95. The van der Waals surface area contributed by atoms with E-state index in [2.05, 4.69) is 9.97 Å². The van der Waals surface area contributed by atoms with Gasteiger partial charge in [0.25, 0.3) is 0 Å². The highest BCUT2D eigenvalue weighted by Gasteiger charge is 2.06. The van der Waals surface area contributed by atoms with E-state index in [-0.39, 0.29) is 0 Å². The zero-order valence-corrected chi connectivity index (χ0v) is 8.39. The Bertz CT molecular complexity index is 460. The van der Waals surface area contributed by atoms with E-state index in [9.17, 15) is 0 Å². The molecule has 0 N–H and O–H groups in total. The van der Waals surface area contributed by atoms with Gasteiger partial charge in [0, 0.05) is 5.39 Å². The maximum atomic E-state index is 5.95. The number of benzene rings is 1. The van der Waals surface area contributed by atoms with E-state index in [1.54, 1.807) is 0 Å². The van der Waals surface area contributed by atoms with Gasteiger partial charge in [-0.2, -0.15) is 0 Å². The Morgan fingerprint density at radius 2 is 1.92 bits per heavy atom. The Kier molecular flexibility index (Phi) is 2.10. The molecule has 1 aromatic carbocycles. The van der Waals surface area contributed by atoms with Crippen molar-refractivity contribution in [2.24, 2.45) is 0 Å². The van der Waals surface area contributed by atoms with Crippen LogP contribution in [0, 0.1) is 6.92 Å². The third-order valence-electron chi connectivity index (χ3n) is 1.90. The summed E-state index contributed by atoms with van der Waals surface area (Å²) in [4.78, 5) is 7.98. The minimum atomic E-state index is 0.449. The van der Waals surface area contributed by atoms with Crippen molar-refractivity contribution >= 4 is 34.1 Å². The largest absolute Gasteiger partial charge is 0.235 e. The quantitative estimate of drug-likeness (QED) is 0.627.